The van der Waals surface area contributed by atoms with E-state index < -0.39 is 9.84 Å². The van der Waals surface area contributed by atoms with Crippen molar-refractivity contribution in [3.63, 3.8) is 0 Å². The maximum absolute atomic E-state index is 11.9. The first-order valence-corrected chi connectivity index (χ1v) is 8.03. The van der Waals surface area contributed by atoms with Crippen molar-refractivity contribution >= 4 is 32.4 Å². The Hall–Kier alpha value is -1.73. The summed E-state index contributed by atoms with van der Waals surface area (Å²) in [6.07, 6.45) is 1.57. The number of benzene rings is 1. The topological polar surface area (TPSA) is 85.9 Å². The number of nitrogens with zero attached hydrogens (tertiary/aromatic N) is 2. The second-order valence-electron chi connectivity index (χ2n) is 4.05. The molecule has 5 nitrogen and oxygen atoms in total. The molecule has 0 unspecified atom stereocenters. The molecule has 0 atom stereocenters. The Kier molecular flexibility index (Phi) is 3.96. The molecule has 0 fully saturated rings. The van der Waals surface area contributed by atoms with Gasteiger partial charge >= 0.3 is 0 Å². The van der Waals surface area contributed by atoms with Crippen LogP contribution in [0.2, 0.25) is 0 Å². The summed E-state index contributed by atoms with van der Waals surface area (Å²) in [7, 11) is -3.36. The maximum atomic E-state index is 11.9. The number of anilines is 1. The van der Waals surface area contributed by atoms with Crippen LogP contribution in [0.3, 0.4) is 0 Å². The number of nitrogen functional groups attached to an aromatic ring is 1. The summed E-state index contributed by atoms with van der Waals surface area (Å²) < 4.78 is 23.7. The third kappa shape index (κ3) is 4.15. The molecule has 0 amide bonds. The predicted octanol–water partition coefficient (Wildman–Crippen LogP) is 2.01. The number of aromatic nitrogens is 2. The van der Waals surface area contributed by atoms with E-state index in [1.165, 1.54) is 5.41 Å². The quantitative estimate of drug-likeness (QED) is 0.932. The van der Waals surface area contributed by atoms with Gasteiger partial charge in [0.25, 0.3) is 0 Å². The van der Waals surface area contributed by atoms with Gasteiger partial charge in [-0.05, 0) is 18.6 Å². The monoisotopic (exact) mass is 295 g/mol. The van der Waals surface area contributed by atoms with Crippen molar-refractivity contribution in [2.75, 3.05) is 5.73 Å². The van der Waals surface area contributed by atoms with Crippen LogP contribution >= 0.6 is 11.3 Å². The number of hydrogen-bond donors (Lipinski definition) is 1. The predicted molar refractivity (Wildman–Crippen MR) is 77.2 cm³/mol. The highest BCUT2D eigenvalue weighted by molar-refractivity contribution is 7.93. The molecule has 0 radical (unpaired) electrons. The van der Waals surface area contributed by atoms with Crippen molar-refractivity contribution in [1.29, 1.82) is 0 Å². The van der Waals surface area contributed by atoms with Crippen LogP contribution in [-0.2, 0) is 15.6 Å². The van der Waals surface area contributed by atoms with Crippen LogP contribution in [-0.4, -0.2) is 18.6 Å². The minimum Gasteiger partial charge on any atom is -0.374 e. The fourth-order valence-corrected chi connectivity index (χ4v) is 3.40. The highest BCUT2D eigenvalue weighted by Gasteiger charge is 2.11. The maximum Gasteiger partial charge on any atom is 0.203 e. The van der Waals surface area contributed by atoms with Crippen LogP contribution in [0.15, 0.2) is 29.7 Å². The first-order valence-electron chi connectivity index (χ1n) is 5.50. The van der Waals surface area contributed by atoms with Gasteiger partial charge in [0.1, 0.15) is 10.8 Å². The number of hydrogen-bond acceptors (Lipinski definition) is 6. The van der Waals surface area contributed by atoms with Crippen molar-refractivity contribution < 1.29 is 8.42 Å². The van der Waals surface area contributed by atoms with Crippen LogP contribution in [0, 0.1) is 6.92 Å². The van der Waals surface area contributed by atoms with E-state index in [1.807, 2.05) is 31.2 Å². The number of rotatable bonds is 4. The molecular formula is C12H13N3O2S2. The van der Waals surface area contributed by atoms with Gasteiger partial charge in [-0.2, -0.15) is 0 Å². The molecule has 2 N–H and O–H groups in total. The van der Waals surface area contributed by atoms with Gasteiger partial charge in [0, 0.05) is 5.41 Å². The lowest BCUT2D eigenvalue weighted by Crippen LogP contribution is -1.99. The highest BCUT2D eigenvalue weighted by Crippen LogP contribution is 2.15. The second-order valence-corrected chi connectivity index (χ2v) is 7.03. The molecule has 0 aliphatic heterocycles. The fourth-order valence-electron chi connectivity index (χ4n) is 1.40. The minimum atomic E-state index is -3.36. The van der Waals surface area contributed by atoms with Crippen LogP contribution in [0.5, 0.6) is 0 Å². The summed E-state index contributed by atoms with van der Waals surface area (Å²) in [5, 5.41) is 9.14. The average Bonchev–Trinajstić information content (AvgIpc) is 2.73. The number of sulfone groups is 1. The molecule has 1 aromatic heterocycles. The van der Waals surface area contributed by atoms with Crippen LogP contribution in [0.1, 0.15) is 16.1 Å². The number of nitrogens with two attached hydrogens (primary N) is 1. The summed E-state index contributed by atoms with van der Waals surface area (Å²) in [4.78, 5) is 0. The molecule has 2 aromatic rings. The van der Waals surface area contributed by atoms with E-state index in [2.05, 4.69) is 10.2 Å². The zero-order valence-corrected chi connectivity index (χ0v) is 11.9. The smallest absolute Gasteiger partial charge is 0.203 e. The third-order valence-corrected chi connectivity index (χ3v) is 4.51. The van der Waals surface area contributed by atoms with E-state index in [-0.39, 0.29) is 10.9 Å². The molecular weight excluding hydrogens is 282 g/mol. The van der Waals surface area contributed by atoms with Crippen molar-refractivity contribution in [2.24, 2.45) is 0 Å². The van der Waals surface area contributed by atoms with Gasteiger partial charge in [-0.3, -0.25) is 0 Å². The molecule has 7 heteroatoms. The summed E-state index contributed by atoms with van der Waals surface area (Å²) in [5.41, 5.74) is 7.38. The largest absolute Gasteiger partial charge is 0.374 e. The van der Waals surface area contributed by atoms with Crippen LogP contribution in [0.25, 0.3) is 6.08 Å². The van der Waals surface area contributed by atoms with E-state index in [0.717, 1.165) is 22.5 Å². The SMILES string of the molecule is Cc1ccc(/C=C\S(=O)(=O)Cc2nnc(N)s2)cc1. The van der Waals surface area contributed by atoms with Gasteiger partial charge in [0.05, 0.1) is 0 Å². The van der Waals surface area contributed by atoms with E-state index in [9.17, 15) is 8.42 Å². The van der Waals surface area contributed by atoms with E-state index in [4.69, 9.17) is 5.73 Å². The second kappa shape index (κ2) is 5.50. The van der Waals surface area contributed by atoms with Crippen molar-refractivity contribution in [1.82, 2.24) is 10.2 Å². The lowest BCUT2D eigenvalue weighted by molar-refractivity contribution is 0.603. The Balaban J connectivity index is 2.10. The Labute approximate surface area is 115 Å². The zero-order chi connectivity index (χ0) is 13.9. The summed E-state index contributed by atoms with van der Waals surface area (Å²) >= 11 is 1.08. The standard InChI is InChI=1S/C12H13N3O2S2/c1-9-2-4-10(5-3-9)6-7-19(16,17)8-11-14-15-12(13)18-11/h2-7H,8H2,1H3,(H2,13,15)/b7-6-. The average molecular weight is 295 g/mol. The molecule has 0 aliphatic rings. The molecule has 0 spiro atoms. The molecule has 0 saturated heterocycles. The van der Waals surface area contributed by atoms with Gasteiger partial charge in [0.15, 0.2) is 9.84 Å². The zero-order valence-electron chi connectivity index (χ0n) is 10.3. The Morgan fingerprint density at radius 1 is 1.26 bits per heavy atom. The minimum absolute atomic E-state index is 0.176. The Morgan fingerprint density at radius 2 is 1.95 bits per heavy atom. The third-order valence-electron chi connectivity index (χ3n) is 2.35. The van der Waals surface area contributed by atoms with Crippen molar-refractivity contribution in [2.45, 2.75) is 12.7 Å². The van der Waals surface area contributed by atoms with Crippen molar-refractivity contribution in [3.8, 4) is 0 Å². The van der Waals surface area contributed by atoms with Gasteiger partial charge < -0.3 is 5.73 Å². The Bertz CT molecular complexity index is 688. The lowest BCUT2D eigenvalue weighted by Gasteiger charge is -1.96. The molecule has 19 heavy (non-hydrogen) atoms. The van der Waals surface area contributed by atoms with E-state index in [0.29, 0.717) is 5.01 Å². The molecule has 100 valence electrons. The van der Waals surface area contributed by atoms with Gasteiger partial charge in [0.2, 0.25) is 5.13 Å². The first kappa shape index (κ1) is 13.7. The van der Waals surface area contributed by atoms with E-state index in [1.54, 1.807) is 6.08 Å². The molecule has 2 rings (SSSR count). The van der Waals surface area contributed by atoms with Crippen molar-refractivity contribution in [3.05, 3.63) is 45.8 Å². The van der Waals surface area contributed by atoms with Crippen LogP contribution < -0.4 is 5.73 Å². The lowest BCUT2D eigenvalue weighted by atomic mass is 10.2. The normalized spacial score (nSPS) is 12.1. The molecule has 1 aromatic carbocycles. The molecule has 0 aliphatic carbocycles. The molecule has 0 saturated carbocycles. The van der Waals surface area contributed by atoms with Crippen LogP contribution in [0.4, 0.5) is 5.13 Å². The van der Waals surface area contributed by atoms with E-state index >= 15 is 0 Å². The first-order chi connectivity index (χ1) is 8.94. The summed E-state index contributed by atoms with van der Waals surface area (Å²) in [6, 6.07) is 7.59. The number of aryl methyl sites for hydroxylation is 1. The summed E-state index contributed by atoms with van der Waals surface area (Å²) in [5.74, 6) is -0.176. The van der Waals surface area contributed by atoms with Gasteiger partial charge in [-0.1, -0.05) is 41.2 Å². The Morgan fingerprint density at radius 3 is 2.53 bits per heavy atom. The fraction of sp³-hybridized carbons (Fsp3) is 0.167. The molecule has 0 bridgehead atoms. The summed E-state index contributed by atoms with van der Waals surface area (Å²) in [6.45, 7) is 1.98. The molecule has 1 heterocycles. The van der Waals surface area contributed by atoms with Gasteiger partial charge in [-0.15, -0.1) is 10.2 Å². The highest BCUT2D eigenvalue weighted by atomic mass is 32.2. The van der Waals surface area contributed by atoms with Gasteiger partial charge in [-0.25, -0.2) is 8.42 Å².